The first-order valence-electron chi connectivity index (χ1n) is 13.0. The van der Waals surface area contributed by atoms with E-state index in [1.807, 2.05) is 152 Å². The van der Waals surface area contributed by atoms with Gasteiger partial charge in [-0.25, -0.2) is 0 Å². The average molecular weight is 638 g/mol. The summed E-state index contributed by atoms with van der Waals surface area (Å²) in [7, 11) is -10.6. The molecular weight excluding hydrogens is 611 g/mol. The molecule has 42 heavy (non-hydrogen) atoms. The van der Waals surface area contributed by atoms with Crippen LogP contribution in [0.1, 0.15) is 0 Å². The second kappa shape index (κ2) is 12.7. The number of halogens is 1. The molecule has 6 rings (SSSR count). The summed E-state index contributed by atoms with van der Waals surface area (Å²) < 4.78 is 38.0. The maximum Gasteiger partial charge on any atom is 0.615 e. The van der Waals surface area contributed by atoms with E-state index in [-0.39, 0.29) is 0 Å². The van der Waals surface area contributed by atoms with Crippen LogP contribution in [0.15, 0.2) is 156 Å². The summed E-state index contributed by atoms with van der Waals surface area (Å²) in [5.41, 5.74) is 0. The van der Waals surface area contributed by atoms with Gasteiger partial charge in [0.2, 0.25) is 0 Å². The van der Waals surface area contributed by atoms with Crippen LogP contribution in [0.2, 0.25) is 0 Å². The Balaban J connectivity index is 1.55. The molecule has 8 nitrogen and oxygen atoms in total. The number of rotatable bonds is 10. The highest BCUT2D eigenvalue weighted by atomic mass is 35.7. The van der Waals surface area contributed by atoms with Gasteiger partial charge in [-0.15, -0.1) is 0 Å². The van der Waals surface area contributed by atoms with Gasteiger partial charge in [0, 0.05) is 0 Å². The first-order valence-corrected chi connectivity index (χ1v) is 18.7. The predicted molar refractivity (Wildman–Crippen MR) is 171 cm³/mol. The van der Waals surface area contributed by atoms with Crippen LogP contribution in [-0.4, -0.2) is 0 Å². The zero-order chi connectivity index (χ0) is 28.7. The zero-order valence-corrected chi connectivity index (χ0v) is 25.6. The molecule has 0 fully saturated rings. The van der Waals surface area contributed by atoms with E-state index in [1.165, 1.54) is 0 Å². The van der Waals surface area contributed by atoms with Crippen LogP contribution in [0, 0.1) is 0 Å². The molecular formula is C30H27ClN3O5P3+2. The van der Waals surface area contributed by atoms with Crippen molar-refractivity contribution in [3.05, 3.63) is 152 Å². The topological polar surface area (TPSA) is 82.6 Å². The number of nitrogens with one attached hydrogen (secondary N) is 2. The maximum atomic E-state index is 7.39. The fourth-order valence-corrected chi connectivity index (χ4v) is 15.0. The van der Waals surface area contributed by atoms with Gasteiger partial charge in [-0.1, -0.05) is 91.0 Å². The molecule has 0 saturated heterocycles. The van der Waals surface area contributed by atoms with Crippen molar-refractivity contribution in [2.24, 2.45) is 4.52 Å². The zero-order valence-electron chi connectivity index (χ0n) is 22.1. The molecule has 5 aromatic carbocycles. The molecule has 0 aliphatic carbocycles. The molecule has 0 saturated carbocycles. The van der Waals surface area contributed by atoms with E-state index in [0.29, 0.717) is 28.7 Å². The summed E-state index contributed by atoms with van der Waals surface area (Å²) in [4.78, 5) is 6.65. The van der Waals surface area contributed by atoms with E-state index < -0.39 is 22.8 Å². The Kier molecular flexibility index (Phi) is 8.64. The highest BCUT2D eigenvalue weighted by Crippen LogP contribution is 2.81. The standard InChI is InChI=1S/C30H27ClN3O5P3/c31-40(35-26-16-6-1-7-17-26)32-41(36-27-18-8-2-9-19-27,37-28-20-10-3-11-21-28)34-42(33-40,38-29-22-12-4-13-23-29)39-30-24-14-5-15-25-30/h1-25,32-33H/q+2. The molecule has 12 heteroatoms. The smallest absolute Gasteiger partial charge is 0.415 e. The molecule has 2 N–H and O–H groups in total. The second-order valence-corrected chi connectivity index (χ2v) is 16.7. The lowest BCUT2D eigenvalue weighted by Gasteiger charge is -2.32. The maximum absolute atomic E-state index is 7.39. The second-order valence-electron chi connectivity index (χ2n) is 8.88. The quantitative estimate of drug-likeness (QED) is 0.147. The molecule has 0 bridgehead atoms. The van der Waals surface area contributed by atoms with Gasteiger partial charge in [0.15, 0.2) is 28.5 Å². The molecule has 0 amide bonds. The van der Waals surface area contributed by atoms with Crippen molar-refractivity contribution in [3.63, 3.8) is 0 Å². The van der Waals surface area contributed by atoms with Gasteiger partial charge in [0.05, 0.1) is 9.37 Å². The van der Waals surface area contributed by atoms with Crippen LogP contribution >= 0.6 is 34.1 Å². The monoisotopic (exact) mass is 637 g/mol. The van der Waals surface area contributed by atoms with E-state index >= 15 is 0 Å². The van der Waals surface area contributed by atoms with Crippen LogP contribution in [0.25, 0.3) is 0 Å². The van der Waals surface area contributed by atoms with Gasteiger partial charge in [0.25, 0.3) is 0 Å². The van der Waals surface area contributed by atoms with Crippen molar-refractivity contribution >= 4 is 34.1 Å². The Morgan fingerprint density at radius 1 is 0.476 bits per heavy atom. The Hall–Kier alpha value is -3.60. The number of hydrogen-bond donors (Lipinski definition) is 2. The van der Waals surface area contributed by atoms with Crippen molar-refractivity contribution < 1.29 is 22.6 Å². The average Bonchev–Trinajstić information content (AvgIpc) is 2.99. The lowest BCUT2D eigenvalue weighted by Crippen LogP contribution is -2.36. The number of para-hydroxylation sites is 5. The minimum Gasteiger partial charge on any atom is -0.415 e. The van der Waals surface area contributed by atoms with Crippen molar-refractivity contribution in [1.29, 1.82) is 0 Å². The first-order chi connectivity index (χ1) is 20.5. The van der Waals surface area contributed by atoms with Crippen LogP contribution in [0.4, 0.5) is 0 Å². The predicted octanol–water partition coefficient (Wildman–Crippen LogP) is 10.1. The van der Waals surface area contributed by atoms with Gasteiger partial charge in [-0.05, 0) is 65.5 Å². The van der Waals surface area contributed by atoms with Gasteiger partial charge < -0.3 is 9.05 Å². The minimum atomic E-state index is -3.58. The molecule has 5 aromatic rings. The third kappa shape index (κ3) is 7.24. The minimum absolute atomic E-state index is 0.514. The highest BCUT2D eigenvalue weighted by molar-refractivity contribution is 8.03. The van der Waals surface area contributed by atoms with Crippen LogP contribution in [0.5, 0.6) is 28.7 Å². The van der Waals surface area contributed by atoms with Gasteiger partial charge in [-0.3, -0.25) is 13.6 Å². The molecule has 0 aromatic heterocycles. The number of hydrogen-bond acceptors (Lipinski definition) is 8. The SMILES string of the molecule is Cl[P+]1(Oc2ccccc2)NP(Oc2ccccc2)(Oc2ccccc2)=N[P+](Oc2ccccc2)(Oc2ccccc2)N1. The molecule has 1 unspecified atom stereocenters. The highest BCUT2D eigenvalue weighted by Gasteiger charge is 2.72. The molecule has 1 heterocycles. The van der Waals surface area contributed by atoms with Gasteiger partial charge in [-0.2, -0.15) is 0 Å². The van der Waals surface area contributed by atoms with Crippen LogP contribution < -0.4 is 32.3 Å². The summed E-state index contributed by atoms with van der Waals surface area (Å²) in [6.07, 6.45) is 0. The Bertz CT molecular complexity index is 1560. The normalized spacial score (nSPS) is 18.6. The van der Waals surface area contributed by atoms with Crippen molar-refractivity contribution in [1.82, 2.24) is 9.72 Å². The van der Waals surface area contributed by atoms with Crippen LogP contribution in [0.3, 0.4) is 0 Å². The lowest BCUT2D eigenvalue weighted by atomic mass is 10.3. The largest absolute Gasteiger partial charge is 0.615 e. The Morgan fingerprint density at radius 3 is 1.19 bits per heavy atom. The Morgan fingerprint density at radius 2 is 0.810 bits per heavy atom. The third-order valence-corrected chi connectivity index (χ3v) is 15.4. The van der Waals surface area contributed by atoms with E-state index in [2.05, 4.69) is 9.72 Å². The number of benzene rings is 5. The van der Waals surface area contributed by atoms with Crippen LogP contribution in [-0.2, 0) is 0 Å². The summed E-state index contributed by atoms with van der Waals surface area (Å²) in [6.45, 7) is 0. The lowest BCUT2D eigenvalue weighted by molar-refractivity contribution is 0.436. The Labute approximate surface area is 250 Å². The summed E-state index contributed by atoms with van der Waals surface area (Å²) >= 11 is 7.39. The summed E-state index contributed by atoms with van der Waals surface area (Å²) in [5, 5.41) is 0. The molecule has 0 radical (unpaired) electrons. The summed E-state index contributed by atoms with van der Waals surface area (Å²) in [5.74, 6) is 2.58. The fraction of sp³-hybridized carbons (Fsp3) is 0. The molecule has 1 atom stereocenters. The van der Waals surface area contributed by atoms with Gasteiger partial charge in [0.1, 0.15) is 11.5 Å². The van der Waals surface area contributed by atoms with E-state index in [4.69, 9.17) is 38.4 Å². The molecule has 1 aliphatic rings. The molecule has 212 valence electrons. The van der Waals surface area contributed by atoms with Crippen molar-refractivity contribution in [2.45, 2.75) is 0 Å². The number of nitrogens with zero attached hydrogens (tertiary/aromatic N) is 1. The van der Waals surface area contributed by atoms with E-state index in [1.54, 1.807) is 0 Å². The van der Waals surface area contributed by atoms with Crippen molar-refractivity contribution in [2.75, 3.05) is 0 Å². The summed E-state index contributed by atoms with van der Waals surface area (Å²) in [6, 6.07) is 46.3. The van der Waals surface area contributed by atoms with E-state index in [9.17, 15) is 0 Å². The molecule has 0 spiro atoms. The first kappa shape index (κ1) is 28.5. The van der Waals surface area contributed by atoms with E-state index in [0.717, 1.165) is 0 Å². The molecule has 1 aliphatic heterocycles. The van der Waals surface area contributed by atoms with Crippen molar-refractivity contribution in [3.8, 4) is 28.7 Å². The van der Waals surface area contributed by atoms with Gasteiger partial charge >= 0.3 is 22.8 Å². The third-order valence-electron chi connectivity index (χ3n) is 5.61. The fourth-order valence-electron chi connectivity index (χ4n) is 3.90.